The van der Waals surface area contributed by atoms with E-state index in [-0.39, 0.29) is 17.4 Å². The highest BCUT2D eigenvalue weighted by atomic mass is 35.5. The summed E-state index contributed by atoms with van der Waals surface area (Å²) in [5.41, 5.74) is 4.59. The van der Waals surface area contributed by atoms with Crippen LogP contribution in [0.5, 0.6) is 0 Å². The van der Waals surface area contributed by atoms with Gasteiger partial charge >= 0.3 is 0 Å². The average Bonchev–Trinajstić information content (AvgIpc) is 3.49. The number of anilines is 2. The molecule has 0 unspecified atom stereocenters. The number of amides is 3. The van der Waals surface area contributed by atoms with Crippen molar-refractivity contribution in [1.29, 1.82) is 0 Å². The SMILES string of the molecule is Cc1ccc(-c2csc(NC(=O)CSc3cccc(NC(=O)/C(=C/c4cccc(Cl)c4)NC(=O)c4ccccc4)c3)n2)cc1. The Morgan fingerprint density at radius 2 is 1.66 bits per heavy atom. The molecule has 220 valence electrons. The molecule has 0 spiro atoms. The van der Waals surface area contributed by atoms with Crippen LogP contribution in [0, 0.1) is 6.92 Å². The second-order valence-corrected chi connectivity index (χ2v) is 12.0. The van der Waals surface area contributed by atoms with Crippen LogP contribution in [0.1, 0.15) is 21.5 Å². The number of carbonyl (C=O) groups excluding carboxylic acids is 3. The molecule has 0 fully saturated rings. The third-order valence-electron chi connectivity index (χ3n) is 6.25. The van der Waals surface area contributed by atoms with E-state index in [9.17, 15) is 14.4 Å². The minimum Gasteiger partial charge on any atom is -0.321 e. The highest BCUT2D eigenvalue weighted by Crippen LogP contribution is 2.26. The van der Waals surface area contributed by atoms with Gasteiger partial charge < -0.3 is 16.0 Å². The van der Waals surface area contributed by atoms with Crippen molar-refractivity contribution in [3.63, 3.8) is 0 Å². The number of halogens is 1. The Kier molecular flexibility index (Phi) is 10.2. The van der Waals surface area contributed by atoms with E-state index in [1.807, 2.05) is 48.7 Å². The molecule has 0 atom stereocenters. The molecule has 5 rings (SSSR count). The number of hydrogen-bond donors (Lipinski definition) is 3. The molecule has 0 aliphatic carbocycles. The Bertz CT molecular complexity index is 1820. The predicted octanol–water partition coefficient (Wildman–Crippen LogP) is 7.91. The molecule has 1 heterocycles. The van der Waals surface area contributed by atoms with E-state index < -0.39 is 11.8 Å². The van der Waals surface area contributed by atoms with Crippen LogP contribution in [0.25, 0.3) is 17.3 Å². The smallest absolute Gasteiger partial charge is 0.272 e. The van der Waals surface area contributed by atoms with E-state index in [0.717, 1.165) is 16.2 Å². The van der Waals surface area contributed by atoms with E-state index in [1.54, 1.807) is 72.8 Å². The van der Waals surface area contributed by atoms with Crippen LogP contribution in [0.2, 0.25) is 5.02 Å². The van der Waals surface area contributed by atoms with E-state index >= 15 is 0 Å². The predicted molar refractivity (Wildman–Crippen MR) is 180 cm³/mol. The van der Waals surface area contributed by atoms with Gasteiger partial charge in [-0.25, -0.2) is 4.98 Å². The molecule has 0 radical (unpaired) electrons. The lowest BCUT2D eigenvalue weighted by molar-refractivity contribution is -0.114. The Morgan fingerprint density at radius 1 is 0.886 bits per heavy atom. The summed E-state index contributed by atoms with van der Waals surface area (Å²) in [6.07, 6.45) is 1.56. The molecule has 0 saturated heterocycles. The first kappa shape index (κ1) is 30.7. The van der Waals surface area contributed by atoms with Crippen molar-refractivity contribution in [1.82, 2.24) is 10.3 Å². The number of thioether (sulfide) groups is 1. The highest BCUT2D eigenvalue weighted by Gasteiger charge is 2.16. The monoisotopic (exact) mass is 638 g/mol. The lowest BCUT2D eigenvalue weighted by Gasteiger charge is -2.12. The number of aryl methyl sites for hydroxylation is 1. The van der Waals surface area contributed by atoms with Crippen LogP contribution >= 0.6 is 34.7 Å². The molecular formula is C34H27ClN4O3S2. The first-order valence-electron chi connectivity index (χ1n) is 13.5. The van der Waals surface area contributed by atoms with Gasteiger partial charge in [0.05, 0.1) is 11.4 Å². The molecule has 4 aromatic carbocycles. The minimum absolute atomic E-state index is 0.0482. The topological polar surface area (TPSA) is 100 Å². The summed E-state index contributed by atoms with van der Waals surface area (Å²) in [7, 11) is 0. The summed E-state index contributed by atoms with van der Waals surface area (Å²) in [6, 6.07) is 30.8. The third-order valence-corrected chi connectivity index (χ3v) is 8.23. The summed E-state index contributed by atoms with van der Waals surface area (Å²) >= 11 is 8.84. The van der Waals surface area contributed by atoms with Crippen LogP contribution < -0.4 is 16.0 Å². The Labute approximate surface area is 268 Å². The maximum absolute atomic E-state index is 13.4. The standard InChI is InChI=1S/C34H27ClN4O3S2/c1-22-13-15-24(16-14-22)30-20-44-34(38-30)39-31(40)21-43-28-12-6-11-27(19-28)36-33(42)29(18-23-7-5-10-26(35)17-23)37-32(41)25-8-3-2-4-9-25/h2-20H,21H2,1H3,(H,36,42)(H,37,41)(H,38,39,40)/b29-18-. The normalized spacial score (nSPS) is 11.1. The van der Waals surface area contributed by atoms with Crippen molar-refractivity contribution >= 4 is 69.3 Å². The van der Waals surface area contributed by atoms with Crippen molar-refractivity contribution < 1.29 is 14.4 Å². The van der Waals surface area contributed by atoms with Crippen LogP contribution in [0.4, 0.5) is 10.8 Å². The number of hydrogen-bond acceptors (Lipinski definition) is 6. The molecule has 0 aliphatic heterocycles. The highest BCUT2D eigenvalue weighted by molar-refractivity contribution is 8.00. The fraction of sp³-hybridized carbons (Fsp3) is 0.0588. The van der Waals surface area contributed by atoms with Gasteiger partial charge in [0.1, 0.15) is 5.70 Å². The van der Waals surface area contributed by atoms with Gasteiger partial charge in [0, 0.05) is 32.1 Å². The number of rotatable bonds is 10. The van der Waals surface area contributed by atoms with Crippen molar-refractivity contribution in [3.8, 4) is 11.3 Å². The maximum atomic E-state index is 13.4. The number of nitrogens with zero attached hydrogens (tertiary/aromatic N) is 1. The molecule has 5 aromatic rings. The van der Waals surface area contributed by atoms with Gasteiger partial charge in [0.15, 0.2) is 5.13 Å². The van der Waals surface area contributed by atoms with E-state index in [2.05, 4.69) is 20.9 Å². The zero-order chi connectivity index (χ0) is 30.9. The van der Waals surface area contributed by atoms with Gasteiger partial charge in [-0.2, -0.15) is 0 Å². The maximum Gasteiger partial charge on any atom is 0.272 e. The number of aromatic nitrogens is 1. The molecule has 0 saturated carbocycles. The summed E-state index contributed by atoms with van der Waals surface area (Å²) in [5.74, 6) is -0.966. The lowest BCUT2D eigenvalue weighted by Crippen LogP contribution is -2.30. The van der Waals surface area contributed by atoms with Crippen molar-refractivity contribution in [2.75, 3.05) is 16.4 Å². The molecule has 1 aromatic heterocycles. The molecule has 0 aliphatic rings. The first-order valence-corrected chi connectivity index (χ1v) is 15.8. The van der Waals surface area contributed by atoms with Crippen LogP contribution in [0.3, 0.4) is 0 Å². The fourth-order valence-corrected chi connectivity index (χ4v) is 5.75. The quantitative estimate of drug-likeness (QED) is 0.107. The second-order valence-electron chi connectivity index (χ2n) is 9.66. The van der Waals surface area contributed by atoms with Gasteiger partial charge in [0.25, 0.3) is 11.8 Å². The Morgan fingerprint density at radius 3 is 2.43 bits per heavy atom. The van der Waals surface area contributed by atoms with Gasteiger partial charge in [-0.1, -0.05) is 77.8 Å². The zero-order valence-corrected chi connectivity index (χ0v) is 25.9. The van der Waals surface area contributed by atoms with Gasteiger partial charge in [-0.05, 0) is 61.0 Å². The average molecular weight is 639 g/mol. The lowest BCUT2D eigenvalue weighted by atomic mass is 10.1. The molecule has 0 bridgehead atoms. The molecule has 10 heteroatoms. The first-order chi connectivity index (χ1) is 21.3. The Hall–Kier alpha value is -4.70. The van der Waals surface area contributed by atoms with Crippen LogP contribution in [0.15, 0.2) is 119 Å². The fourth-order valence-electron chi connectivity index (χ4n) is 4.06. The zero-order valence-electron chi connectivity index (χ0n) is 23.5. The molecule has 44 heavy (non-hydrogen) atoms. The summed E-state index contributed by atoms with van der Waals surface area (Å²) in [4.78, 5) is 44.2. The van der Waals surface area contributed by atoms with Crippen molar-refractivity contribution in [2.24, 2.45) is 0 Å². The van der Waals surface area contributed by atoms with E-state index in [1.165, 1.54) is 28.7 Å². The number of carbonyl (C=O) groups is 3. The summed E-state index contributed by atoms with van der Waals surface area (Å²) < 4.78 is 0. The van der Waals surface area contributed by atoms with Crippen molar-refractivity contribution in [3.05, 3.63) is 136 Å². The molecule has 7 nitrogen and oxygen atoms in total. The number of benzene rings is 4. The van der Waals surface area contributed by atoms with Gasteiger partial charge in [-0.15, -0.1) is 23.1 Å². The second kappa shape index (κ2) is 14.7. The molecular weight excluding hydrogens is 612 g/mol. The van der Waals surface area contributed by atoms with E-state index in [4.69, 9.17) is 11.6 Å². The Balaban J connectivity index is 1.22. The largest absolute Gasteiger partial charge is 0.321 e. The van der Waals surface area contributed by atoms with Gasteiger partial charge in [-0.3, -0.25) is 14.4 Å². The molecule has 3 N–H and O–H groups in total. The van der Waals surface area contributed by atoms with Crippen LogP contribution in [-0.2, 0) is 9.59 Å². The van der Waals surface area contributed by atoms with Crippen LogP contribution in [-0.4, -0.2) is 28.5 Å². The van der Waals surface area contributed by atoms with Crippen molar-refractivity contribution in [2.45, 2.75) is 11.8 Å². The van der Waals surface area contributed by atoms with E-state index in [0.29, 0.717) is 27.0 Å². The number of thiazole rings is 1. The summed E-state index contributed by atoms with van der Waals surface area (Å²) in [5, 5.41) is 11.4. The summed E-state index contributed by atoms with van der Waals surface area (Å²) in [6.45, 7) is 2.03. The number of nitrogens with one attached hydrogen (secondary N) is 3. The molecule has 3 amide bonds. The van der Waals surface area contributed by atoms with Gasteiger partial charge in [0.2, 0.25) is 5.91 Å². The minimum atomic E-state index is -0.512. The third kappa shape index (κ3) is 8.67.